The predicted octanol–water partition coefficient (Wildman–Crippen LogP) is 4.42. The molecule has 2 amide bonds. The molecule has 0 aliphatic carbocycles. The zero-order valence-electron chi connectivity index (χ0n) is 16.8. The Kier molecular flexibility index (Phi) is 7.56. The molecule has 1 aliphatic heterocycles. The number of carbonyl (C=O) groups excluding carboxylic acids is 2. The molecule has 164 valence electrons. The first kappa shape index (κ1) is 23.4. The minimum atomic E-state index is -1.13. The Hall–Kier alpha value is -3.29. The molecule has 2 aromatic carbocycles. The van der Waals surface area contributed by atoms with E-state index in [1.165, 1.54) is 0 Å². The van der Waals surface area contributed by atoms with Gasteiger partial charge in [0.2, 0.25) is 0 Å². The fourth-order valence-electron chi connectivity index (χ4n) is 2.90. The van der Waals surface area contributed by atoms with Crippen molar-refractivity contribution in [2.24, 2.45) is 0 Å². The minimum Gasteiger partial charge on any atom is -0.490 e. The lowest BCUT2D eigenvalue weighted by atomic mass is 10.1. The van der Waals surface area contributed by atoms with Gasteiger partial charge in [0.25, 0.3) is 11.1 Å². The van der Waals surface area contributed by atoms with Gasteiger partial charge >= 0.3 is 5.97 Å². The van der Waals surface area contributed by atoms with Crippen molar-refractivity contribution >= 4 is 50.9 Å². The molecule has 1 aliphatic rings. The second-order valence-corrected chi connectivity index (χ2v) is 8.32. The van der Waals surface area contributed by atoms with Gasteiger partial charge in [-0.2, -0.15) is 5.26 Å². The molecule has 1 heterocycles. The molecule has 1 fully saturated rings. The summed E-state index contributed by atoms with van der Waals surface area (Å²) in [6.07, 6.45) is 1.55. The van der Waals surface area contributed by atoms with Gasteiger partial charge in [-0.1, -0.05) is 34.1 Å². The number of thioether (sulfide) groups is 1. The molecule has 3 rings (SSSR count). The van der Waals surface area contributed by atoms with Crippen LogP contribution in [0.2, 0.25) is 0 Å². The van der Waals surface area contributed by atoms with Crippen molar-refractivity contribution in [2.45, 2.75) is 13.5 Å². The van der Waals surface area contributed by atoms with Crippen molar-refractivity contribution < 1.29 is 29.0 Å². The number of imide groups is 1. The molecule has 0 unspecified atom stereocenters. The van der Waals surface area contributed by atoms with Crippen molar-refractivity contribution in [3.8, 4) is 17.6 Å². The van der Waals surface area contributed by atoms with Crippen LogP contribution in [0.5, 0.6) is 11.5 Å². The molecule has 0 radical (unpaired) electrons. The van der Waals surface area contributed by atoms with Crippen LogP contribution >= 0.6 is 27.7 Å². The first-order valence-electron chi connectivity index (χ1n) is 9.38. The smallest absolute Gasteiger partial charge is 0.341 e. The van der Waals surface area contributed by atoms with Gasteiger partial charge in [0.15, 0.2) is 18.1 Å². The number of nitriles is 1. The number of hydrogen-bond donors (Lipinski definition) is 1. The van der Waals surface area contributed by atoms with Crippen LogP contribution in [0.4, 0.5) is 4.79 Å². The lowest BCUT2D eigenvalue weighted by molar-refractivity contribution is -0.139. The number of nitrogens with zero attached hydrogens (tertiary/aromatic N) is 2. The minimum absolute atomic E-state index is 0.000921. The highest BCUT2D eigenvalue weighted by atomic mass is 79.9. The molecular weight excluding hydrogens is 500 g/mol. The quantitative estimate of drug-likeness (QED) is 0.512. The molecule has 8 nitrogen and oxygen atoms in total. The fourth-order valence-corrected chi connectivity index (χ4v) is 4.16. The molecule has 0 bridgehead atoms. The summed E-state index contributed by atoms with van der Waals surface area (Å²) in [7, 11) is 0. The first-order valence-corrected chi connectivity index (χ1v) is 11.0. The summed E-state index contributed by atoms with van der Waals surface area (Å²) in [4.78, 5) is 37.5. The van der Waals surface area contributed by atoms with Gasteiger partial charge in [-0.3, -0.25) is 14.5 Å². The van der Waals surface area contributed by atoms with Gasteiger partial charge in [0.1, 0.15) is 0 Å². The van der Waals surface area contributed by atoms with E-state index in [0.29, 0.717) is 33.5 Å². The van der Waals surface area contributed by atoms with Crippen LogP contribution in [0.15, 0.2) is 45.8 Å². The Bertz CT molecular complexity index is 1160. The fraction of sp³-hybridized carbons (Fsp3) is 0.182. The number of carboxylic acids is 1. The number of carboxylic acid groups (broad SMARTS) is 1. The third-order valence-electron chi connectivity index (χ3n) is 4.34. The third kappa shape index (κ3) is 5.30. The van der Waals surface area contributed by atoms with E-state index in [-0.39, 0.29) is 17.2 Å². The number of amides is 2. The monoisotopic (exact) mass is 516 g/mol. The molecule has 0 spiro atoms. The van der Waals surface area contributed by atoms with E-state index in [9.17, 15) is 19.6 Å². The summed E-state index contributed by atoms with van der Waals surface area (Å²) in [6.45, 7) is 1.56. The van der Waals surface area contributed by atoms with E-state index in [1.807, 2.05) is 0 Å². The topological polar surface area (TPSA) is 117 Å². The number of rotatable bonds is 8. The normalized spacial score (nSPS) is 14.5. The van der Waals surface area contributed by atoms with E-state index >= 15 is 0 Å². The van der Waals surface area contributed by atoms with E-state index in [2.05, 4.69) is 22.0 Å². The van der Waals surface area contributed by atoms with Gasteiger partial charge in [-0.15, -0.1) is 0 Å². The number of ether oxygens (including phenoxy) is 2. The van der Waals surface area contributed by atoms with Crippen molar-refractivity contribution in [1.29, 1.82) is 5.26 Å². The van der Waals surface area contributed by atoms with Crippen LogP contribution in [-0.4, -0.2) is 40.3 Å². The Morgan fingerprint density at radius 3 is 2.66 bits per heavy atom. The Labute approximate surface area is 196 Å². The molecule has 10 heteroatoms. The van der Waals surface area contributed by atoms with Crippen LogP contribution in [0.3, 0.4) is 0 Å². The standard InChI is InChI=1S/C22H17BrN2O6S/c1-2-30-17-7-15(16(23)9-18(17)31-12-20(26)27)8-19-21(28)25(22(29)32-19)11-14-6-4-3-5-13(14)10-24/h3-9H,2,11-12H2,1H3,(H,26,27)/b19-8+. The van der Waals surface area contributed by atoms with Gasteiger partial charge in [-0.05, 0) is 54.1 Å². The van der Waals surface area contributed by atoms with E-state index in [0.717, 1.165) is 16.7 Å². The third-order valence-corrected chi connectivity index (χ3v) is 5.93. The summed E-state index contributed by atoms with van der Waals surface area (Å²) >= 11 is 4.19. The Balaban J connectivity index is 1.88. The molecule has 1 N–H and O–H groups in total. The number of aliphatic carboxylic acids is 1. The highest BCUT2D eigenvalue weighted by Gasteiger charge is 2.35. The maximum atomic E-state index is 12.9. The second-order valence-electron chi connectivity index (χ2n) is 6.47. The second kappa shape index (κ2) is 10.3. The molecule has 2 aromatic rings. The zero-order chi connectivity index (χ0) is 23.3. The summed E-state index contributed by atoms with van der Waals surface area (Å²) in [5.74, 6) is -1.05. The van der Waals surface area contributed by atoms with Gasteiger partial charge in [0.05, 0.1) is 29.7 Å². The number of carbonyl (C=O) groups is 3. The van der Waals surface area contributed by atoms with Gasteiger partial charge in [-0.25, -0.2) is 4.79 Å². The average molecular weight is 517 g/mol. The molecule has 0 atom stereocenters. The van der Waals surface area contributed by atoms with Crippen molar-refractivity contribution in [1.82, 2.24) is 4.90 Å². The summed E-state index contributed by atoms with van der Waals surface area (Å²) in [5, 5.41) is 17.7. The Morgan fingerprint density at radius 2 is 1.97 bits per heavy atom. The largest absolute Gasteiger partial charge is 0.490 e. The number of benzene rings is 2. The predicted molar refractivity (Wildman–Crippen MR) is 121 cm³/mol. The van der Waals surface area contributed by atoms with Crippen LogP contribution in [0, 0.1) is 11.3 Å². The summed E-state index contributed by atoms with van der Waals surface area (Å²) in [5.41, 5.74) is 1.54. The molecular formula is C22H17BrN2O6S. The first-order chi connectivity index (χ1) is 15.3. The van der Waals surface area contributed by atoms with E-state index in [1.54, 1.807) is 49.4 Å². The summed E-state index contributed by atoms with van der Waals surface area (Å²) < 4.78 is 11.3. The average Bonchev–Trinajstić information content (AvgIpc) is 3.02. The SMILES string of the molecule is CCOc1cc(/C=C2/SC(=O)N(Cc3ccccc3C#N)C2=O)c(Br)cc1OCC(=O)O. The highest BCUT2D eigenvalue weighted by Crippen LogP contribution is 2.38. The van der Waals surface area contributed by atoms with Crippen molar-refractivity contribution in [3.63, 3.8) is 0 Å². The van der Waals surface area contributed by atoms with Gasteiger partial charge < -0.3 is 14.6 Å². The van der Waals surface area contributed by atoms with Crippen molar-refractivity contribution in [2.75, 3.05) is 13.2 Å². The van der Waals surface area contributed by atoms with Crippen LogP contribution in [0.25, 0.3) is 6.08 Å². The highest BCUT2D eigenvalue weighted by molar-refractivity contribution is 9.10. The zero-order valence-corrected chi connectivity index (χ0v) is 19.2. The lowest BCUT2D eigenvalue weighted by Crippen LogP contribution is -2.27. The molecule has 0 aromatic heterocycles. The maximum absolute atomic E-state index is 12.9. The number of hydrogen-bond acceptors (Lipinski definition) is 7. The van der Waals surface area contributed by atoms with E-state index in [4.69, 9.17) is 14.6 Å². The lowest BCUT2D eigenvalue weighted by Gasteiger charge is -2.14. The maximum Gasteiger partial charge on any atom is 0.341 e. The molecule has 0 saturated carbocycles. The van der Waals surface area contributed by atoms with Crippen molar-refractivity contribution in [3.05, 3.63) is 62.5 Å². The van der Waals surface area contributed by atoms with Gasteiger partial charge in [0, 0.05) is 4.47 Å². The molecule has 1 saturated heterocycles. The number of halogens is 1. The Morgan fingerprint density at radius 1 is 1.25 bits per heavy atom. The van der Waals surface area contributed by atoms with E-state index < -0.39 is 23.7 Å². The van der Waals surface area contributed by atoms with Crippen LogP contribution in [-0.2, 0) is 16.1 Å². The summed E-state index contributed by atoms with van der Waals surface area (Å²) in [6, 6.07) is 12.0. The van der Waals surface area contributed by atoms with Crippen LogP contribution in [0.1, 0.15) is 23.6 Å². The van der Waals surface area contributed by atoms with Crippen LogP contribution < -0.4 is 9.47 Å². The molecule has 32 heavy (non-hydrogen) atoms.